The van der Waals surface area contributed by atoms with Gasteiger partial charge in [0.2, 0.25) is 0 Å². The van der Waals surface area contributed by atoms with Crippen molar-refractivity contribution in [2.45, 2.75) is 6.92 Å². The maximum absolute atomic E-state index is 12.7. The van der Waals surface area contributed by atoms with Crippen LogP contribution in [-0.4, -0.2) is 17.4 Å². The molecule has 0 aliphatic rings. The molecule has 0 aliphatic carbocycles. The number of rotatable bonds is 4. The Morgan fingerprint density at radius 2 is 2.17 bits per heavy atom. The third-order valence-corrected chi connectivity index (χ3v) is 1.91. The van der Waals surface area contributed by atoms with E-state index in [0.717, 1.165) is 6.20 Å². The van der Waals surface area contributed by atoms with Gasteiger partial charge in [0.25, 0.3) is 5.90 Å². The van der Waals surface area contributed by atoms with Crippen molar-refractivity contribution in [1.82, 2.24) is 0 Å². The van der Waals surface area contributed by atoms with Crippen molar-refractivity contribution in [2.75, 3.05) is 6.61 Å². The highest BCUT2D eigenvalue weighted by Gasteiger charge is 2.20. The molecule has 1 rings (SSSR count). The normalized spacial score (nSPS) is 12.3. The Balaban J connectivity index is 3.11. The molecular formula is C11H12FN3O3. The van der Waals surface area contributed by atoms with E-state index < -0.39 is 16.4 Å². The molecule has 0 heterocycles. The lowest BCUT2D eigenvalue weighted by atomic mass is 10.3. The quantitative estimate of drug-likeness (QED) is 0.384. The molecule has 2 N–H and O–H groups in total. The van der Waals surface area contributed by atoms with Crippen LogP contribution in [0.15, 0.2) is 41.2 Å². The predicted molar refractivity (Wildman–Crippen MR) is 64.4 cm³/mol. The monoisotopic (exact) mass is 253 g/mol. The molecule has 0 amide bonds. The van der Waals surface area contributed by atoms with Crippen molar-refractivity contribution >= 4 is 11.6 Å². The van der Waals surface area contributed by atoms with Crippen LogP contribution in [0.3, 0.4) is 0 Å². The van der Waals surface area contributed by atoms with Gasteiger partial charge in [0.15, 0.2) is 0 Å². The van der Waals surface area contributed by atoms with E-state index in [1.807, 2.05) is 0 Å². The Bertz CT molecular complexity index is 483. The van der Waals surface area contributed by atoms with Crippen molar-refractivity contribution in [2.24, 2.45) is 10.7 Å². The Labute approximate surface area is 103 Å². The number of aliphatic imine (C=N–C) groups is 1. The lowest BCUT2D eigenvalue weighted by Crippen LogP contribution is -2.16. The fraction of sp³-hybridized carbons (Fsp3) is 0.182. The minimum Gasteiger partial charge on any atom is -0.473 e. The number of nitro groups is 1. The summed E-state index contributed by atoms with van der Waals surface area (Å²) in [6, 6.07) is 5.14. The largest absolute Gasteiger partial charge is 0.473 e. The highest BCUT2D eigenvalue weighted by atomic mass is 19.1. The molecule has 0 saturated carbocycles. The molecule has 0 bridgehead atoms. The van der Waals surface area contributed by atoms with Gasteiger partial charge in [-0.1, -0.05) is 0 Å². The minimum atomic E-state index is -0.696. The van der Waals surface area contributed by atoms with Gasteiger partial charge in [-0.05, 0) is 31.2 Å². The predicted octanol–water partition coefficient (Wildman–Crippen LogP) is 1.97. The van der Waals surface area contributed by atoms with Crippen LogP contribution in [0.2, 0.25) is 0 Å². The summed E-state index contributed by atoms with van der Waals surface area (Å²) in [5.41, 5.74) is 5.05. The van der Waals surface area contributed by atoms with Crippen LogP contribution in [0.5, 0.6) is 0 Å². The molecule has 0 aliphatic heterocycles. The topological polar surface area (TPSA) is 90.8 Å². The summed E-state index contributed by atoms with van der Waals surface area (Å²) in [5.74, 6) is -0.632. The third-order valence-electron chi connectivity index (χ3n) is 1.91. The first-order valence-corrected chi connectivity index (χ1v) is 5.12. The molecule has 0 radical (unpaired) electrons. The molecule has 6 nitrogen and oxygen atoms in total. The van der Waals surface area contributed by atoms with E-state index in [9.17, 15) is 14.5 Å². The summed E-state index contributed by atoms with van der Waals surface area (Å²) < 4.78 is 17.8. The number of hydrogen-bond acceptors (Lipinski definition) is 5. The van der Waals surface area contributed by atoms with E-state index in [2.05, 4.69) is 4.99 Å². The molecule has 1 aromatic carbocycles. The molecule has 0 atom stereocenters. The summed E-state index contributed by atoms with van der Waals surface area (Å²) >= 11 is 0. The number of benzene rings is 1. The third kappa shape index (κ3) is 3.55. The molecule has 0 aromatic heterocycles. The van der Waals surface area contributed by atoms with Gasteiger partial charge < -0.3 is 10.5 Å². The Kier molecular flexibility index (Phi) is 4.79. The number of ether oxygens (including phenoxy) is 1. The zero-order valence-electron chi connectivity index (χ0n) is 9.67. The van der Waals surface area contributed by atoms with Gasteiger partial charge in [0.1, 0.15) is 5.82 Å². The smallest absolute Gasteiger partial charge is 0.346 e. The number of halogens is 1. The summed E-state index contributed by atoms with van der Waals surface area (Å²) in [7, 11) is 0. The van der Waals surface area contributed by atoms with Crippen molar-refractivity contribution in [3.8, 4) is 0 Å². The fourth-order valence-corrected chi connectivity index (χ4v) is 1.14. The second-order valence-electron chi connectivity index (χ2n) is 3.14. The minimum absolute atomic E-state index is 0.200. The van der Waals surface area contributed by atoms with E-state index in [1.54, 1.807) is 6.92 Å². The zero-order valence-corrected chi connectivity index (χ0v) is 9.67. The molecule has 0 saturated heterocycles. The Morgan fingerprint density at radius 1 is 1.56 bits per heavy atom. The molecule has 0 spiro atoms. The highest BCUT2D eigenvalue weighted by molar-refractivity contribution is 5.92. The second-order valence-corrected chi connectivity index (χ2v) is 3.14. The first-order valence-electron chi connectivity index (χ1n) is 5.12. The lowest BCUT2D eigenvalue weighted by molar-refractivity contribution is -0.417. The van der Waals surface area contributed by atoms with Gasteiger partial charge in [0, 0.05) is 0 Å². The van der Waals surface area contributed by atoms with Crippen LogP contribution in [-0.2, 0) is 4.74 Å². The maximum Gasteiger partial charge on any atom is 0.346 e. The van der Waals surface area contributed by atoms with Crippen molar-refractivity contribution < 1.29 is 14.1 Å². The number of nitrogens with zero attached hydrogens (tertiary/aromatic N) is 2. The summed E-state index contributed by atoms with van der Waals surface area (Å²) in [6.45, 7) is 1.86. The molecule has 18 heavy (non-hydrogen) atoms. The Morgan fingerprint density at radius 3 is 2.61 bits per heavy atom. The van der Waals surface area contributed by atoms with Gasteiger partial charge in [-0.15, -0.1) is 0 Å². The first-order chi connectivity index (χ1) is 8.58. The average Bonchev–Trinajstić information content (AvgIpc) is 2.32. The van der Waals surface area contributed by atoms with Crippen LogP contribution in [0.25, 0.3) is 0 Å². The number of hydrogen-bond donors (Lipinski definition) is 1. The van der Waals surface area contributed by atoms with Gasteiger partial charge >= 0.3 is 5.70 Å². The lowest BCUT2D eigenvalue weighted by Gasteiger charge is -2.04. The molecule has 7 heteroatoms. The van der Waals surface area contributed by atoms with Gasteiger partial charge in [-0.25, -0.2) is 9.38 Å². The highest BCUT2D eigenvalue weighted by Crippen LogP contribution is 2.15. The van der Waals surface area contributed by atoms with Crippen molar-refractivity contribution in [3.05, 3.63) is 52.1 Å². The molecular weight excluding hydrogens is 241 g/mol. The van der Waals surface area contributed by atoms with Crippen LogP contribution in [0, 0.1) is 15.9 Å². The van der Waals surface area contributed by atoms with E-state index in [0.29, 0.717) is 5.69 Å². The first kappa shape index (κ1) is 13.6. The fourth-order valence-electron chi connectivity index (χ4n) is 1.14. The van der Waals surface area contributed by atoms with Crippen LogP contribution in [0.1, 0.15) is 6.92 Å². The molecule has 96 valence electrons. The van der Waals surface area contributed by atoms with Crippen molar-refractivity contribution in [3.63, 3.8) is 0 Å². The van der Waals surface area contributed by atoms with E-state index in [1.165, 1.54) is 24.3 Å². The van der Waals surface area contributed by atoms with Gasteiger partial charge in [-0.2, -0.15) is 0 Å². The summed E-state index contributed by atoms with van der Waals surface area (Å²) in [5, 5.41) is 10.7. The molecule has 0 unspecified atom stereocenters. The van der Waals surface area contributed by atoms with Crippen LogP contribution in [0.4, 0.5) is 10.1 Å². The van der Waals surface area contributed by atoms with E-state index >= 15 is 0 Å². The van der Waals surface area contributed by atoms with Crippen LogP contribution >= 0.6 is 0 Å². The molecule has 1 aromatic rings. The van der Waals surface area contributed by atoms with Gasteiger partial charge in [0.05, 0.1) is 23.4 Å². The maximum atomic E-state index is 12.7. The Hall–Kier alpha value is -2.44. The number of nitrogens with two attached hydrogens (primary N) is 1. The standard InChI is InChI=1S/C11H12FN3O3/c1-2-18-11(10(7-13)15(16)17)14-9-5-3-8(12)4-6-9/h3-7H,2,13H2,1H3. The molecule has 0 fully saturated rings. The SMILES string of the molecule is CCOC(=Nc1ccc(F)cc1)C(=CN)[N+](=O)[O-]. The zero-order chi connectivity index (χ0) is 13.5. The van der Waals surface area contributed by atoms with Crippen molar-refractivity contribution in [1.29, 1.82) is 0 Å². The summed E-state index contributed by atoms with van der Waals surface area (Å²) in [4.78, 5) is 14.0. The summed E-state index contributed by atoms with van der Waals surface area (Å²) in [6.07, 6.45) is 0.804. The van der Waals surface area contributed by atoms with E-state index in [4.69, 9.17) is 10.5 Å². The second kappa shape index (κ2) is 6.33. The van der Waals surface area contributed by atoms with Crippen LogP contribution < -0.4 is 5.73 Å². The average molecular weight is 253 g/mol. The van der Waals surface area contributed by atoms with Gasteiger partial charge in [-0.3, -0.25) is 10.1 Å². The van der Waals surface area contributed by atoms with E-state index in [-0.39, 0.29) is 12.5 Å².